The second kappa shape index (κ2) is 8.81. The van der Waals surface area contributed by atoms with Crippen LogP contribution in [0.25, 0.3) is 0 Å². The molecule has 19 heavy (non-hydrogen) atoms. The molecule has 0 spiro atoms. The fraction of sp³-hybridized carbons (Fsp3) is 0.533. The van der Waals surface area contributed by atoms with Crippen LogP contribution in [0.1, 0.15) is 31.7 Å². The third-order valence-corrected chi connectivity index (χ3v) is 3.01. The van der Waals surface area contributed by atoms with E-state index in [1.54, 1.807) is 4.90 Å². The number of rotatable bonds is 8. The monoisotopic (exact) mass is 283 g/mol. The zero-order chi connectivity index (χ0) is 14.1. The zero-order valence-corrected chi connectivity index (χ0v) is 12.4. The van der Waals surface area contributed by atoms with Gasteiger partial charge in [0.25, 0.3) is 0 Å². The van der Waals surface area contributed by atoms with Gasteiger partial charge in [0, 0.05) is 25.9 Å². The predicted molar refractivity (Wildman–Crippen MR) is 78.7 cm³/mol. The van der Waals surface area contributed by atoms with E-state index in [4.69, 9.17) is 16.3 Å². The number of carbonyl (C=O) groups is 1. The van der Waals surface area contributed by atoms with Crippen molar-refractivity contribution in [1.29, 1.82) is 0 Å². The second-order valence-corrected chi connectivity index (χ2v) is 4.92. The van der Waals surface area contributed by atoms with Crippen LogP contribution in [0.2, 0.25) is 0 Å². The fourth-order valence-electron chi connectivity index (χ4n) is 1.72. The average molecular weight is 284 g/mol. The summed E-state index contributed by atoms with van der Waals surface area (Å²) in [6, 6.07) is 7.89. The van der Waals surface area contributed by atoms with Crippen molar-refractivity contribution in [3.63, 3.8) is 0 Å². The maximum absolute atomic E-state index is 11.8. The summed E-state index contributed by atoms with van der Waals surface area (Å²) in [5.41, 5.74) is 1.08. The van der Waals surface area contributed by atoms with E-state index in [0.717, 1.165) is 24.2 Å². The molecule has 0 radical (unpaired) electrons. The molecule has 1 rings (SSSR count). The first-order chi connectivity index (χ1) is 9.17. The highest BCUT2D eigenvalue weighted by Crippen LogP contribution is 2.15. The Morgan fingerprint density at radius 3 is 2.89 bits per heavy atom. The highest BCUT2D eigenvalue weighted by Gasteiger charge is 2.09. The predicted octanol–water partition coefficient (Wildman–Crippen LogP) is 3.45. The minimum absolute atomic E-state index is 0.125. The molecule has 4 heteroatoms. The summed E-state index contributed by atoms with van der Waals surface area (Å²) in [7, 11) is 1.82. The maximum atomic E-state index is 11.8. The number of benzene rings is 1. The van der Waals surface area contributed by atoms with Crippen LogP contribution in [0.15, 0.2) is 24.3 Å². The fourth-order valence-corrected chi connectivity index (χ4v) is 1.86. The highest BCUT2D eigenvalue weighted by molar-refractivity contribution is 6.17. The van der Waals surface area contributed by atoms with E-state index in [9.17, 15) is 4.79 Å². The molecule has 0 heterocycles. The van der Waals surface area contributed by atoms with Crippen LogP contribution in [0.3, 0.4) is 0 Å². The van der Waals surface area contributed by atoms with E-state index < -0.39 is 0 Å². The van der Waals surface area contributed by atoms with Crippen molar-refractivity contribution in [2.75, 3.05) is 19.5 Å². The van der Waals surface area contributed by atoms with Gasteiger partial charge in [-0.25, -0.2) is 0 Å². The van der Waals surface area contributed by atoms with Gasteiger partial charge in [0.05, 0.1) is 6.61 Å². The molecule has 0 saturated heterocycles. The molecule has 0 unspecified atom stereocenters. The molecule has 0 bridgehead atoms. The Morgan fingerprint density at radius 1 is 1.42 bits per heavy atom. The lowest BCUT2D eigenvalue weighted by Gasteiger charge is -2.17. The van der Waals surface area contributed by atoms with Crippen LogP contribution < -0.4 is 4.74 Å². The lowest BCUT2D eigenvalue weighted by Crippen LogP contribution is -2.25. The van der Waals surface area contributed by atoms with Crippen LogP contribution in [0, 0.1) is 0 Å². The molecule has 0 atom stereocenters. The van der Waals surface area contributed by atoms with Crippen molar-refractivity contribution in [2.45, 2.75) is 32.7 Å². The molecular formula is C15H22ClNO2. The van der Waals surface area contributed by atoms with Crippen LogP contribution in [0.5, 0.6) is 5.75 Å². The van der Waals surface area contributed by atoms with Gasteiger partial charge in [-0.15, -0.1) is 11.6 Å². The number of amides is 1. The minimum atomic E-state index is 0.125. The Balaban J connectivity index is 2.53. The summed E-state index contributed by atoms with van der Waals surface area (Å²) < 4.78 is 5.58. The Kier molecular flexibility index (Phi) is 7.34. The molecule has 106 valence electrons. The summed E-state index contributed by atoms with van der Waals surface area (Å²) in [5.74, 6) is 1.52. The molecule has 0 fully saturated rings. The lowest BCUT2D eigenvalue weighted by atomic mass is 10.2. The largest absolute Gasteiger partial charge is 0.494 e. The quantitative estimate of drug-likeness (QED) is 0.684. The third kappa shape index (κ3) is 5.97. The number of hydrogen-bond acceptors (Lipinski definition) is 2. The molecule has 0 N–H and O–H groups in total. The van der Waals surface area contributed by atoms with Gasteiger partial charge >= 0.3 is 0 Å². The van der Waals surface area contributed by atoms with Crippen LogP contribution in [-0.4, -0.2) is 30.3 Å². The van der Waals surface area contributed by atoms with Crippen molar-refractivity contribution >= 4 is 17.5 Å². The van der Waals surface area contributed by atoms with E-state index in [-0.39, 0.29) is 5.91 Å². The summed E-state index contributed by atoms with van der Waals surface area (Å²) in [5, 5.41) is 0. The highest BCUT2D eigenvalue weighted by atomic mass is 35.5. The van der Waals surface area contributed by atoms with Gasteiger partial charge in [-0.1, -0.05) is 19.1 Å². The van der Waals surface area contributed by atoms with Crippen molar-refractivity contribution in [1.82, 2.24) is 4.90 Å². The molecule has 1 aromatic carbocycles. The summed E-state index contributed by atoms with van der Waals surface area (Å²) in [6.07, 6.45) is 2.22. The first-order valence-electron chi connectivity index (χ1n) is 6.69. The lowest BCUT2D eigenvalue weighted by molar-refractivity contribution is -0.130. The Hall–Kier alpha value is -1.22. The first kappa shape index (κ1) is 15.8. The Labute approximate surface area is 120 Å². The van der Waals surface area contributed by atoms with Crippen LogP contribution in [-0.2, 0) is 11.3 Å². The number of ether oxygens (including phenoxy) is 1. The van der Waals surface area contributed by atoms with E-state index in [1.807, 2.05) is 31.3 Å². The molecule has 0 aliphatic rings. The molecule has 0 aromatic heterocycles. The molecule has 3 nitrogen and oxygen atoms in total. The Bertz CT molecular complexity index is 395. The molecular weight excluding hydrogens is 262 g/mol. The van der Waals surface area contributed by atoms with E-state index in [0.29, 0.717) is 25.5 Å². The SMILES string of the molecule is CCCOc1cccc(CN(C)C(=O)CCCCl)c1. The van der Waals surface area contributed by atoms with Gasteiger partial charge in [0.1, 0.15) is 5.75 Å². The smallest absolute Gasteiger partial charge is 0.222 e. The number of nitrogens with zero attached hydrogens (tertiary/aromatic N) is 1. The van der Waals surface area contributed by atoms with Crippen LogP contribution >= 0.6 is 11.6 Å². The topological polar surface area (TPSA) is 29.5 Å². The van der Waals surface area contributed by atoms with Crippen LogP contribution in [0.4, 0.5) is 0 Å². The van der Waals surface area contributed by atoms with Crippen molar-refractivity contribution < 1.29 is 9.53 Å². The van der Waals surface area contributed by atoms with Gasteiger partial charge in [-0.05, 0) is 30.5 Å². The maximum Gasteiger partial charge on any atom is 0.222 e. The Morgan fingerprint density at radius 2 is 2.21 bits per heavy atom. The molecule has 1 amide bonds. The van der Waals surface area contributed by atoms with Gasteiger partial charge < -0.3 is 9.64 Å². The van der Waals surface area contributed by atoms with Crippen molar-refractivity contribution in [3.8, 4) is 5.75 Å². The van der Waals surface area contributed by atoms with E-state index >= 15 is 0 Å². The number of hydrogen-bond donors (Lipinski definition) is 0. The molecule has 0 aliphatic carbocycles. The normalized spacial score (nSPS) is 10.3. The summed E-state index contributed by atoms with van der Waals surface area (Å²) >= 11 is 5.59. The van der Waals surface area contributed by atoms with E-state index in [2.05, 4.69) is 6.92 Å². The summed E-state index contributed by atoms with van der Waals surface area (Å²) in [4.78, 5) is 13.5. The zero-order valence-electron chi connectivity index (χ0n) is 11.7. The second-order valence-electron chi connectivity index (χ2n) is 4.54. The van der Waals surface area contributed by atoms with Gasteiger partial charge in [0.2, 0.25) is 5.91 Å². The van der Waals surface area contributed by atoms with Crippen molar-refractivity contribution in [2.24, 2.45) is 0 Å². The van der Waals surface area contributed by atoms with Gasteiger partial charge in [-0.3, -0.25) is 4.79 Å². The number of halogens is 1. The average Bonchev–Trinajstić information content (AvgIpc) is 2.42. The number of carbonyl (C=O) groups excluding carboxylic acids is 1. The molecule has 1 aromatic rings. The number of alkyl halides is 1. The van der Waals surface area contributed by atoms with E-state index in [1.165, 1.54) is 0 Å². The standard InChI is InChI=1S/C15H22ClNO2/c1-3-10-19-14-7-4-6-13(11-14)12-17(2)15(18)8-5-9-16/h4,6-7,11H,3,5,8-10,12H2,1-2H3. The van der Waals surface area contributed by atoms with Crippen molar-refractivity contribution in [3.05, 3.63) is 29.8 Å². The van der Waals surface area contributed by atoms with Gasteiger partial charge in [0.15, 0.2) is 0 Å². The first-order valence-corrected chi connectivity index (χ1v) is 7.22. The minimum Gasteiger partial charge on any atom is -0.494 e. The summed E-state index contributed by atoms with van der Waals surface area (Å²) in [6.45, 7) is 3.39. The third-order valence-electron chi connectivity index (χ3n) is 2.74. The molecule has 0 saturated carbocycles. The van der Waals surface area contributed by atoms with Gasteiger partial charge in [-0.2, -0.15) is 0 Å². The molecule has 0 aliphatic heterocycles.